The van der Waals surface area contributed by atoms with E-state index in [0.717, 1.165) is 12.1 Å². The van der Waals surface area contributed by atoms with Gasteiger partial charge >= 0.3 is 6.18 Å². The van der Waals surface area contributed by atoms with Crippen LogP contribution in [0.4, 0.5) is 13.2 Å². The van der Waals surface area contributed by atoms with E-state index in [4.69, 9.17) is 10.00 Å². The highest BCUT2D eigenvalue weighted by molar-refractivity contribution is 5.43. The maximum absolute atomic E-state index is 12.9. The number of benzene rings is 1. The third kappa shape index (κ3) is 2.97. The molecule has 2 N–H and O–H groups in total. The molecule has 19 heavy (non-hydrogen) atoms. The number of nitrogens with one attached hydrogen (secondary N) is 1. The van der Waals surface area contributed by atoms with Gasteiger partial charge in [0.05, 0.1) is 17.2 Å². The van der Waals surface area contributed by atoms with E-state index in [2.05, 4.69) is 5.32 Å². The van der Waals surface area contributed by atoms with Gasteiger partial charge in [-0.25, -0.2) is 0 Å². The van der Waals surface area contributed by atoms with Gasteiger partial charge in [-0.2, -0.15) is 18.4 Å². The molecule has 2 unspecified atom stereocenters. The zero-order chi connectivity index (χ0) is 14.0. The molecule has 2 rings (SSSR count). The Kier molecular flexibility index (Phi) is 3.64. The summed E-state index contributed by atoms with van der Waals surface area (Å²) in [7, 11) is 0. The van der Waals surface area contributed by atoms with Crippen molar-refractivity contribution in [3.8, 4) is 11.8 Å². The fourth-order valence-electron chi connectivity index (χ4n) is 1.85. The number of hydrogen-bond acceptors (Lipinski definition) is 4. The van der Waals surface area contributed by atoms with Crippen LogP contribution < -0.4 is 10.1 Å². The van der Waals surface area contributed by atoms with Gasteiger partial charge in [0.15, 0.2) is 0 Å². The SMILES string of the molecule is N#Cc1ccc(OC2CNCC2O)c(C(F)(F)F)c1. The molecule has 0 spiro atoms. The van der Waals surface area contributed by atoms with E-state index in [9.17, 15) is 18.3 Å². The summed E-state index contributed by atoms with van der Waals surface area (Å²) in [5.74, 6) is -0.376. The van der Waals surface area contributed by atoms with Crippen LogP contribution >= 0.6 is 0 Å². The Morgan fingerprint density at radius 3 is 2.63 bits per heavy atom. The van der Waals surface area contributed by atoms with Gasteiger partial charge in [-0.3, -0.25) is 0 Å². The molecule has 1 aliphatic heterocycles. The van der Waals surface area contributed by atoms with Gasteiger partial charge in [0, 0.05) is 13.1 Å². The van der Waals surface area contributed by atoms with Crippen LogP contribution in [0.3, 0.4) is 0 Å². The first-order valence-corrected chi connectivity index (χ1v) is 5.58. The first-order valence-electron chi connectivity index (χ1n) is 5.58. The molecule has 2 atom stereocenters. The fourth-order valence-corrected chi connectivity index (χ4v) is 1.85. The predicted octanol–water partition coefficient (Wildman–Crippen LogP) is 1.29. The molecule has 0 aliphatic carbocycles. The molecule has 1 aromatic carbocycles. The molecule has 1 heterocycles. The number of hydrogen-bond donors (Lipinski definition) is 2. The van der Waals surface area contributed by atoms with Crippen molar-refractivity contribution in [2.75, 3.05) is 13.1 Å². The molecule has 0 amide bonds. The van der Waals surface area contributed by atoms with E-state index in [-0.39, 0.29) is 24.4 Å². The highest BCUT2D eigenvalue weighted by atomic mass is 19.4. The predicted molar refractivity (Wildman–Crippen MR) is 59.5 cm³/mol. The molecule has 1 aliphatic rings. The molecule has 4 nitrogen and oxygen atoms in total. The third-order valence-corrected chi connectivity index (χ3v) is 2.82. The average Bonchev–Trinajstić information content (AvgIpc) is 2.74. The Bertz CT molecular complexity index is 511. The number of aliphatic hydroxyl groups excluding tert-OH is 1. The fraction of sp³-hybridized carbons (Fsp3) is 0.417. The molecule has 1 aromatic rings. The molecule has 102 valence electrons. The lowest BCUT2D eigenvalue weighted by molar-refractivity contribution is -0.139. The Balaban J connectivity index is 2.32. The summed E-state index contributed by atoms with van der Waals surface area (Å²) in [6.45, 7) is 0.556. The normalized spacial score (nSPS) is 23.1. The van der Waals surface area contributed by atoms with Gasteiger partial charge in [-0.15, -0.1) is 0 Å². The molecule has 0 radical (unpaired) electrons. The first-order chi connectivity index (χ1) is 8.91. The lowest BCUT2D eigenvalue weighted by atomic mass is 10.1. The van der Waals surface area contributed by atoms with E-state index >= 15 is 0 Å². The second kappa shape index (κ2) is 5.07. The van der Waals surface area contributed by atoms with Crippen LogP contribution in [0.1, 0.15) is 11.1 Å². The molecular formula is C12H11F3N2O2. The average molecular weight is 272 g/mol. The van der Waals surface area contributed by atoms with Gasteiger partial charge in [0.1, 0.15) is 18.0 Å². The van der Waals surface area contributed by atoms with Crippen molar-refractivity contribution in [3.63, 3.8) is 0 Å². The van der Waals surface area contributed by atoms with Gasteiger partial charge in [-0.1, -0.05) is 0 Å². The molecule has 1 fully saturated rings. The van der Waals surface area contributed by atoms with Crippen LogP contribution in [-0.4, -0.2) is 30.4 Å². The van der Waals surface area contributed by atoms with Gasteiger partial charge < -0.3 is 15.2 Å². The molecule has 0 saturated carbocycles. The summed E-state index contributed by atoms with van der Waals surface area (Å²) in [4.78, 5) is 0. The Labute approximate surface area is 107 Å². The molecule has 0 aromatic heterocycles. The largest absolute Gasteiger partial charge is 0.486 e. The molecule has 1 saturated heterocycles. The van der Waals surface area contributed by atoms with Crippen LogP contribution in [0, 0.1) is 11.3 Å². The molecule has 7 heteroatoms. The van der Waals surface area contributed by atoms with Gasteiger partial charge in [0.25, 0.3) is 0 Å². The van der Waals surface area contributed by atoms with E-state index in [1.165, 1.54) is 6.07 Å². The van der Waals surface area contributed by atoms with Crippen molar-refractivity contribution in [2.24, 2.45) is 0 Å². The van der Waals surface area contributed by atoms with Gasteiger partial charge in [0.2, 0.25) is 0 Å². The van der Waals surface area contributed by atoms with Gasteiger partial charge in [-0.05, 0) is 18.2 Å². The second-order valence-electron chi connectivity index (χ2n) is 4.20. The van der Waals surface area contributed by atoms with E-state index < -0.39 is 23.9 Å². The van der Waals surface area contributed by atoms with Crippen LogP contribution in [0.5, 0.6) is 5.75 Å². The van der Waals surface area contributed by atoms with Crippen molar-refractivity contribution < 1.29 is 23.0 Å². The van der Waals surface area contributed by atoms with Crippen molar-refractivity contribution in [1.82, 2.24) is 5.32 Å². The maximum atomic E-state index is 12.9. The summed E-state index contributed by atoms with van der Waals surface area (Å²) in [5.41, 5.74) is -1.10. The molecule has 0 bridgehead atoms. The lowest BCUT2D eigenvalue weighted by Gasteiger charge is -2.20. The van der Waals surface area contributed by atoms with Crippen LogP contribution in [0.15, 0.2) is 18.2 Å². The van der Waals surface area contributed by atoms with E-state index in [1.807, 2.05) is 0 Å². The van der Waals surface area contributed by atoms with Crippen molar-refractivity contribution in [3.05, 3.63) is 29.3 Å². The van der Waals surface area contributed by atoms with Crippen LogP contribution in [0.2, 0.25) is 0 Å². The monoisotopic (exact) mass is 272 g/mol. The van der Waals surface area contributed by atoms with E-state index in [0.29, 0.717) is 0 Å². The Morgan fingerprint density at radius 2 is 2.11 bits per heavy atom. The highest BCUT2D eigenvalue weighted by Crippen LogP contribution is 2.37. The maximum Gasteiger partial charge on any atom is 0.420 e. The summed E-state index contributed by atoms with van der Waals surface area (Å²) < 4.78 is 43.8. The zero-order valence-corrected chi connectivity index (χ0v) is 9.74. The smallest absolute Gasteiger partial charge is 0.420 e. The number of alkyl halides is 3. The summed E-state index contributed by atoms with van der Waals surface area (Å²) in [6, 6.07) is 4.74. The Hall–Kier alpha value is -1.78. The van der Waals surface area contributed by atoms with Crippen molar-refractivity contribution in [2.45, 2.75) is 18.4 Å². The number of rotatable bonds is 2. The van der Waals surface area contributed by atoms with E-state index in [1.54, 1.807) is 6.07 Å². The minimum Gasteiger partial charge on any atom is -0.486 e. The minimum absolute atomic E-state index is 0.0928. The number of nitrogens with zero attached hydrogens (tertiary/aromatic N) is 1. The number of nitriles is 1. The second-order valence-corrected chi connectivity index (χ2v) is 4.20. The topological polar surface area (TPSA) is 65.3 Å². The lowest BCUT2D eigenvalue weighted by Crippen LogP contribution is -2.30. The summed E-state index contributed by atoms with van der Waals surface area (Å²) in [6.07, 6.45) is -6.19. The number of aliphatic hydroxyl groups is 1. The van der Waals surface area contributed by atoms with Crippen LogP contribution in [-0.2, 0) is 6.18 Å². The minimum atomic E-state index is -4.61. The molecular weight excluding hydrogens is 261 g/mol. The third-order valence-electron chi connectivity index (χ3n) is 2.82. The van der Waals surface area contributed by atoms with Crippen molar-refractivity contribution >= 4 is 0 Å². The quantitative estimate of drug-likeness (QED) is 0.851. The number of β-amino-alcohol motifs (C(OH)–C–C–N with tert-alkyl or cyclic N) is 1. The van der Waals surface area contributed by atoms with Crippen LogP contribution in [0.25, 0.3) is 0 Å². The summed E-state index contributed by atoms with van der Waals surface area (Å²) >= 11 is 0. The highest BCUT2D eigenvalue weighted by Gasteiger charge is 2.36. The summed E-state index contributed by atoms with van der Waals surface area (Å²) in [5, 5.41) is 21.0. The standard InChI is InChI=1S/C12H11F3N2O2/c13-12(14,15)8-3-7(4-16)1-2-10(8)19-11-6-17-5-9(11)18/h1-3,9,11,17-18H,5-6H2. The Morgan fingerprint density at radius 1 is 1.37 bits per heavy atom. The zero-order valence-electron chi connectivity index (χ0n) is 9.74. The number of halogens is 3. The number of ether oxygens (including phenoxy) is 1. The van der Waals surface area contributed by atoms with Crippen molar-refractivity contribution in [1.29, 1.82) is 5.26 Å². The first kappa shape index (κ1) is 13.6.